The lowest BCUT2D eigenvalue weighted by molar-refractivity contribution is 0.00583. The number of fused-ring (bicyclic) bond motifs is 1. The van der Waals surface area contributed by atoms with E-state index in [4.69, 9.17) is 14.3 Å². The van der Waals surface area contributed by atoms with E-state index in [2.05, 4.69) is 25.1 Å². The molecule has 7 nitrogen and oxygen atoms in total. The SMILES string of the molecule is CC1=C(COP(=O)(O)OP(=O)(O)O)[C@@]2(C)CCCC(C)(C)[C@@H]2CC1. The van der Waals surface area contributed by atoms with Gasteiger partial charge >= 0.3 is 15.6 Å². The lowest BCUT2D eigenvalue weighted by Gasteiger charge is -2.55. The van der Waals surface area contributed by atoms with Crippen LogP contribution >= 0.6 is 15.6 Å². The topological polar surface area (TPSA) is 113 Å². The molecule has 24 heavy (non-hydrogen) atoms. The van der Waals surface area contributed by atoms with Crippen LogP contribution in [0.3, 0.4) is 0 Å². The summed E-state index contributed by atoms with van der Waals surface area (Å²) in [4.78, 5) is 27.0. The molecule has 9 heteroatoms. The zero-order valence-electron chi connectivity index (χ0n) is 14.7. The highest BCUT2D eigenvalue weighted by atomic mass is 31.3. The van der Waals surface area contributed by atoms with Crippen LogP contribution in [0, 0.1) is 16.7 Å². The third kappa shape index (κ3) is 4.39. The third-order valence-corrected chi connectivity index (χ3v) is 7.96. The van der Waals surface area contributed by atoms with Crippen LogP contribution in [-0.4, -0.2) is 21.3 Å². The van der Waals surface area contributed by atoms with Gasteiger partial charge in [-0.05, 0) is 54.9 Å². The van der Waals surface area contributed by atoms with E-state index in [9.17, 15) is 14.0 Å². The van der Waals surface area contributed by atoms with Gasteiger partial charge in [-0.1, -0.05) is 32.8 Å². The Hall–Kier alpha value is -0.0000000000000000416. The summed E-state index contributed by atoms with van der Waals surface area (Å²) in [6.07, 6.45) is 5.19. The first-order valence-electron chi connectivity index (χ1n) is 8.20. The zero-order valence-corrected chi connectivity index (χ0v) is 16.5. The molecule has 0 spiro atoms. The van der Waals surface area contributed by atoms with Crippen LogP contribution in [0.1, 0.15) is 59.8 Å². The summed E-state index contributed by atoms with van der Waals surface area (Å²) in [5.74, 6) is 0.446. The van der Waals surface area contributed by atoms with E-state index in [1.54, 1.807) is 0 Å². The molecule has 0 bridgehead atoms. The van der Waals surface area contributed by atoms with Crippen LogP contribution in [0.2, 0.25) is 0 Å². The summed E-state index contributed by atoms with van der Waals surface area (Å²) in [6, 6.07) is 0. The fourth-order valence-electron chi connectivity index (χ4n) is 4.78. The quantitative estimate of drug-likeness (QED) is 0.483. The molecule has 0 aromatic heterocycles. The normalized spacial score (nSPS) is 33.0. The summed E-state index contributed by atoms with van der Waals surface area (Å²) in [5.41, 5.74) is 2.15. The Kier molecular flexibility index (Phi) is 5.61. The van der Waals surface area contributed by atoms with E-state index in [1.807, 2.05) is 6.92 Å². The van der Waals surface area contributed by atoms with Gasteiger partial charge in [0.1, 0.15) is 0 Å². The van der Waals surface area contributed by atoms with Crippen LogP contribution in [0.4, 0.5) is 0 Å². The molecular formula is C15H28O7P2. The maximum atomic E-state index is 11.8. The van der Waals surface area contributed by atoms with Gasteiger partial charge in [0.05, 0.1) is 6.61 Å². The predicted octanol–water partition coefficient (Wildman–Crippen LogP) is 4.16. The first kappa shape index (κ1) is 20.3. The minimum atomic E-state index is -5.09. The molecule has 140 valence electrons. The molecule has 2 aliphatic rings. The van der Waals surface area contributed by atoms with Gasteiger partial charge < -0.3 is 14.7 Å². The van der Waals surface area contributed by atoms with E-state index < -0.39 is 15.6 Å². The second-order valence-electron chi connectivity index (χ2n) is 7.92. The van der Waals surface area contributed by atoms with E-state index in [-0.39, 0.29) is 17.4 Å². The van der Waals surface area contributed by atoms with Gasteiger partial charge in [0.15, 0.2) is 0 Å². The van der Waals surface area contributed by atoms with Gasteiger partial charge in [0, 0.05) is 0 Å². The van der Waals surface area contributed by atoms with Crippen LogP contribution in [-0.2, 0) is 18.0 Å². The Balaban J connectivity index is 2.22. The van der Waals surface area contributed by atoms with Crippen molar-refractivity contribution >= 4 is 15.6 Å². The van der Waals surface area contributed by atoms with E-state index in [0.29, 0.717) is 5.92 Å². The van der Waals surface area contributed by atoms with Crippen molar-refractivity contribution in [1.82, 2.24) is 0 Å². The van der Waals surface area contributed by atoms with Gasteiger partial charge in [-0.3, -0.25) is 4.52 Å². The fourth-order valence-corrected chi connectivity index (χ4v) is 6.34. The van der Waals surface area contributed by atoms with Crippen molar-refractivity contribution in [2.24, 2.45) is 16.7 Å². The van der Waals surface area contributed by atoms with Crippen molar-refractivity contribution in [2.75, 3.05) is 6.61 Å². The van der Waals surface area contributed by atoms with Gasteiger partial charge in [0.2, 0.25) is 0 Å². The van der Waals surface area contributed by atoms with Gasteiger partial charge in [0.25, 0.3) is 0 Å². The summed E-state index contributed by atoms with van der Waals surface area (Å²) >= 11 is 0. The Labute approximate surface area is 143 Å². The average molecular weight is 382 g/mol. The Morgan fingerprint density at radius 3 is 2.38 bits per heavy atom. The third-order valence-electron chi connectivity index (χ3n) is 5.82. The Morgan fingerprint density at radius 2 is 1.79 bits per heavy atom. The Bertz CT molecular complexity index is 621. The van der Waals surface area contributed by atoms with Crippen LogP contribution < -0.4 is 0 Å². The number of allylic oxidation sites excluding steroid dienone is 1. The van der Waals surface area contributed by atoms with E-state index >= 15 is 0 Å². The highest BCUT2D eigenvalue weighted by Crippen LogP contribution is 2.61. The van der Waals surface area contributed by atoms with Crippen LogP contribution in [0.25, 0.3) is 0 Å². The van der Waals surface area contributed by atoms with Crippen molar-refractivity contribution in [1.29, 1.82) is 0 Å². The number of hydrogen-bond donors (Lipinski definition) is 3. The van der Waals surface area contributed by atoms with E-state index in [1.165, 1.54) is 0 Å². The molecule has 2 rings (SSSR count). The molecule has 1 fully saturated rings. The van der Waals surface area contributed by atoms with Gasteiger partial charge in [-0.2, -0.15) is 4.31 Å². The molecule has 0 amide bonds. The van der Waals surface area contributed by atoms with Crippen molar-refractivity contribution in [3.8, 4) is 0 Å². The van der Waals surface area contributed by atoms with Crippen molar-refractivity contribution < 1.29 is 32.6 Å². The summed E-state index contributed by atoms with van der Waals surface area (Å²) < 4.78 is 31.4. The van der Waals surface area contributed by atoms with Crippen molar-refractivity contribution in [3.63, 3.8) is 0 Å². The van der Waals surface area contributed by atoms with Crippen molar-refractivity contribution in [2.45, 2.75) is 59.8 Å². The smallest absolute Gasteiger partial charge is 0.302 e. The first-order valence-corrected chi connectivity index (χ1v) is 11.2. The lowest BCUT2D eigenvalue weighted by Crippen LogP contribution is -2.46. The molecule has 3 atom stereocenters. The molecule has 0 aromatic carbocycles. The summed E-state index contributed by atoms with van der Waals surface area (Å²) in [7, 11) is -9.91. The largest absolute Gasteiger partial charge is 0.481 e. The van der Waals surface area contributed by atoms with Crippen LogP contribution in [0.15, 0.2) is 11.1 Å². The number of rotatable bonds is 5. The molecule has 2 aliphatic carbocycles. The first-order chi connectivity index (χ1) is 10.8. The van der Waals surface area contributed by atoms with Gasteiger partial charge in [-0.25, -0.2) is 9.13 Å². The maximum absolute atomic E-state index is 11.8. The number of phosphoric ester groups is 1. The van der Waals surface area contributed by atoms with Crippen LogP contribution in [0.5, 0.6) is 0 Å². The molecule has 1 unspecified atom stereocenters. The predicted molar refractivity (Wildman–Crippen MR) is 90.1 cm³/mol. The Morgan fingerprint density at radius 1 is 1.17 bits per heavy atom. The van der Waals surface area contributed by atoms with E-state index in [0.717, 1.165) is 43.3 Å². The second kappa shape index (κ2) is 6.62. The maximum Gasteiger partial charge on any atom is 0.481 e. The second-order valence-corrected chi connectivity index (χ2v) is 10.8. The summed E-state index contributed by atoms with van der Waals surface area (Å²) in [5, 5.41) is 0. The average Bonchev–Trinajstić information content (AvgIpc) is 2.33. The molecule has 0 heterocycles. The highest BCUT2D eigenvalue weighted by molar-refractivity contribution is 7.60. The molecule has 0 aromatic rings. The minimum absolute atomic E-state index is 0.133. The fraction of sp³-hybridized carbons (Fsp3) is 0.867. The molecule has 1 saturated carbocycles. The molecule has 0 saturated heterocycles. The summed E-state index contributed by atoms with van der Waals surface area (Å²) in [6.45, 7) is 8.55. The monoisotopic (exact) mass is 382 g/mol. The molecule has 0 radical (unpaired) electrons. The number of phosphoric acid groups is 2. The molecular weight excluding hydrogens is 354 g/mol. The minimum Gasteiger partial charge on any atom is -0.302 e. The van der Waals surface area contributed by atoms with Crippen molar-refractivity contribution in [3.05, 3.63) is 11.1 Å². The number of hydrogen-bond acceptors (Lipinski definition) is 4. The highest BCUT2D eigenvalue weighted by Gasteiger charge is 2.50. The lowest BCUT2D eigenvalue weighted by atomic mass is 9.50. The molecule has 0 aliphatic heterocycles. The zero-order chi connectivity index (χ0) is 18.4. The molecule has 3 N–H and O–H groups in total. The van der Waals surface area contributed by atoms with Gasteiger partial charge in [-0.15, -0.1) is 0 Å². The standard InChI is InChI=1S/C15H28O7P2/c1-11-6-7-13-14(2,3)8-5-9-15(13,4)12(11)10-21-24(19,20)22-23(16,17)18/h13H,5-10H2,1-4H3,(H,19,20)(H2,16,17,18)/t13-,15+/m0/s1.